The zero-order valence-electron chi connectivity index (χ0n) is 13.0. The molecule has 2 heteroatoms. The summed E-state index contributed by atoms with van der Waals surface area (Å²) in [6.07, 6.45) is 20.7. The molecule has 2 aliphatic rings. The van der Waals surface area contributed by atoms with Crippen molar-refractivity contribution in [3.63, 3.8) is 0 Å². The van der Waals surface area contributed by atoms with Crippen LogP contribution in [0.2, 0.25) is 0 Å². The molecule has 2 N–H and O–H groups in total. The fraction of sp³-hybridized carbons (Fsp3) is 0.143. The molecule has 1 aromatic rings. The Morgan fingerprint density at radius 2 is 1.74 bits per heavy atom. The van der Waals surface area contributed by atoms with Gasteiger partial charge in [0.05, 0.1) is 0 Å². The van der Waals surface area contributed by atoms with Gasteiger partial charge in [-0.05, 0) is 66.8 Å². The van der Waals surface area contributed by atoms with E-state index in [2.05, 4.69) is 24.1 Å². The molecule has 2 aliphatic carbocycles. The Labute approximate surface area is 137 Å². The Kier molecular flexibility index (Phi) is 4.49. The highest BCUT2D eigenvalue weighted by Crippen LogP contribution is 2.28. The van der Waals surface area contributed by atoms with Gasteiger partial charge >= 0.3 is 0 Å². The summed E-state index contributed by atoms with van der Waals surface area (Å²) in [7, 11) is 0. The van der Waals surface area contributed by atoms with Gasteiger partial charge in [0, 0.05) is 11.3 Å². The largest absolute Gasteiger partial charge is 0.457 e. The number of terminal acetylenes is 1. The van der Waals surface area contributed by atoms with Gasteiger partial charge in [0.2, 0.25) is 0 Å². The SMILES string of the molecule is C#CC1=CC=C(C2=CC=C(Oc3ccc(N)cc3)C=CC2)CC1. The molecule has 0 heterocycles. The molecule has 0 fully saturated rings. The molecule has 0 unspecified atom stereocenters. The standard InChI is InChI=1S/C21H19NO/c1-2-16-6-8-18(9-7-16)17-4-3-5-20(13-10-17)23-21-14-11-19(22)12-15-21/h1,3,5-6,8,10-15H,4,7,9,22H2. The first-order chi connectivity index (χ1) is 11.2. The van der Waals surface area contributed by atoms with Crippen LogP contribution in [0.15, 0.2) is 83.2 Å². The highest BCUT2D eigenvalue weighted by molar-refractivity contribution is 5.46. The highest BCUT2D eigenvalue weighted by Gasteiger charge is 2.10. The van der Waals surface area contributed by atoms with E-state index in [0.717, 1.165) is 42.0 Å². The third kappa shape index (κ3) is 3.84. The lowest BCUT2D eigenvalue weighted by molar-refractivity contribution is 0.444. The fourth-order valence-corrected chi connectivity index (χ4v) is 2.61. The normalized spacial score (nSPS) is 17.2. The Bertz CT molecular complexity index is 780. The lowest BCUT2D eigenvalue weighted by atomic mass is 9.92. The van der Waals surface area contributed by atoms with Gasteiger partial charge in [-0.1, -0.05) is 30.2 Å². The molecule has 1 aromatic carbocycles. The monoisotopic (exact) mass is 301 g/mol. The maximum Gasteiger partial charge on any atom is 0.127 e. The molecule has 3 rings (SSSR count). The number of rotatable bonds is 3. The molecule has 0 bridgehead atoms. The van der Waals surface area contributed by atoms with Gasteiger partial charge in [0.25, 0.3) is 0 Å². The van der Waals surface area contributed by atoms with Crippen molar-refractivity contribution in [2.45, 2.75) is 19.3 Å². The second kappa shape index (κ2) is 6.89. The first-order valence-electron chi connectivity index (χ1n) is 7.72. The third-order valence-corrected chi connectivity index (χ3v) is 3.93. The number of allylic oxidation sites excluding steroid dienone is 9. The van der Waals surface area contributed by atoms with Crippen molar-refractivity contribution in [2.24, 2.45) is 0 Å². The van der Waals surface area contributed by atoms with E-state index in [1.807, 2.05) is 42.5 Å². The summed E-state index contributed by atoms with van der Waals surface area (Å²) < 4.78 is 5.88. The third-order valence-electron chi connectivity index (χ3n) is 3.93. The van der Waals surface area contributed by atoms with Gasteiger partial charge in [-0.2, -0.15) is 0 Å². The fourth-order valence-electron chi connectivity index (χ4n) is 2.61. The van der Waals surface area contributed by atoms with Crippen molar-refractivity contribution >= 4 is 5.69 Å². The maximum absolute atomic E-state index is 5.88. The first-order valence-corrected chi connectivity index (χ1v) is 7.72. The minimum Gasteiger partial charge on any atom is -0.457 e. The molecule has 114 valence electrons. The first kappa shape index (κ1) is 15.0. The van der Waals surface area contributed by atoms with Crippen molar-refractivity contribution in [3.05, 3.63) is 83.2 Å². The number of anilines is 1. The zero-order valence-corrected chi connectivity index (χ0v) is 13.0. The zero-order chi connectivity index (χ0) is 16.1. The van der Waals surface area contributed by atoms with E-state index in [9.17, 15) is 0 Å². The Morgan fingerprint density at radius 3 is 2.43 bits per heavy atom. The second-order valence-corrected chi connectivity index (χ2v) is 5.57. The van der Waals surface area contributed by atoms with Crippen molar-refractivity contribution in [1.29, 1.82) is 0 Å². The van der Waals surface area contributed by atoms with Crippen LogP contribution >= 0.6 is 0 Å². The summed E-state index contributed by atoms with van der Waals surface area (Å²) in [5.41, 5.74) is 10.1. The van der Waals surface area contributed by atoms with E-state index >= 15 is 0 Å². The number of hydrogen-bond donors (Lipinski definition) is 1. The van der Waals surface area contributed by atoms with Gasteiger partial charge in [0.1, 0.15) is 11.5 Å². The van der Waals surface area contributed by atoms with Gasteiger partial charge < -0.3 is 10.5 Å². The van der Waals surface area contributed by atoms with Crippen molar-refractivity contribution in [2.75, 3.05) is 5.73 Å². The Morgan fingerprint density at radius 1 is 0.957 bits per heavy atom. The maximum atomic E-state index is 5.88. The van der Waals surface area contributed by atoms with E-state index < -0.39 is 0 Å². The van der Waals surface area contributed by atoms with Gasteiger partial charge in [-0.15, -0.1) is 6.42 Å². The number of ether oxygens (including phenoxy) is 1. The van der Waals surface area contributed by atoms with Gasteiger partial charge in [-0.3, -0.25) is 0 Å². The van der Waals surface area contributed by atoms with E-state index in [4.69, 9.17) is 16.9 Å². The molecule has 0 saturated carbocycles. The van der Waals surface area contributed by atoms with Gasteiger partial charge in [-0.25, -0.2) is 0 Å². The lowest BCUT2D eigenvalue weighted by Crippen LogP contribution is -1.95. The van der Waals surface area contributed by atoms with Gasteiger partial charge in [0.15, 0.2) is 0 Å². The van der Waals surface area contributed by atoms with E-state index in [-0.39, 0.29) is 0 Å². The van der Waals surface area contributed by atoms with Crippen LogP contribution in [0.3, 0.4) is 0 Å². The quantitative estimate of drug-likeness (QED) is 0.649. The summed E-state index contributed by atoms with van der Waals surface area (Å²) in [6.45, 7) is 0. The molecule has 0 aromatic heterocycles. The second-order valence-electron chi connectivity index (χ2n) is 5.57. The predicted octanol–water partition coefficient (Wildman–Crippen LogP) is 4.70. The molecule has 0 spiro atoms. The van der Waals surface area contributed by atoms with Crippen LogP contribution in [0.4, 0.5) is 5.69 Å². The number of benzene rings is 1. The van der Waals surface area contributed by atoms with E-state index in [0.29, 0.717) is 0 Å². The molecule has 0 aliphatic heterocycles. The Balaban J connectivity index is 1.76. The molecule has 0 atom stereocenters. The lowest BCUT2D eigenvalue weighted by Gasteiger charge is -2.13. The van der Waals surface area contributed by atoms with Crippen LogP contribution in [0.1, 0.15) is 19.3 Å². The van der Waals surface area contributed by atoms with Crippen LogP contribution < -0.4 is 10.5 Å². The molecule has 0 radical (unpaired) electrons. The van der Waals surface area contributed by atoms with E-state index in [1.54, 1.807) is 0 Å². The van der Waals surface area contributed by atoms with Crippen LogP contribution in [-0.2, 0) is 0 Å². The van der Waals surface area contributed by atoms with Crippen LogP contribution in [0.25, 0.3) is 0 Å². The van der Waals surface area contributed by atoms with Crippen molar-refractivity contribution in [3.8, 4) is 18.1 Å². The highest BCUT2D eigenvalue weighted by atomic mass is 16.5. The number of nitrogens with two attached hydrogens (primary N) is 1. The minimum atomic E-state index is 0.730. The summed E-state index contributed by atoms with van der Waals surface area (Å²) in [4.78, 5) is 0. The molecular formula is C21H19NO. The number of nitrogen functional groups attached to an aromatic ring is 1. The Hall–Kier alpha value is -2.92. The summed E-state index contributed by atoms with van der Waals surface area (Å²) in [5.74, 6) is 4.32. The summed E-state index contributed by atoms with van der Waals surface area (Å²) in [6, 6.07) is 7.41. The summed E-state index contributed by atoms with van der Waals surface area (Å²) in [5, 5.41) is 0. The van der Waals surface area contributed by atoms with Crippen molar-refractivity contribution < 1.29 is 4.74 Å². The molecular weight excluding hydrogens is 282 g/mol. The van der Waals surface area contributed by atoms with Crippen molar-refractivity contribution in [1.82, 2.24) is 0 Å². The minimum absolute atomic E-state index is 0.730. The van der Waals surface area contributed by atoms with E-state index in [1.165, 1.54) is 11.1 Å². The molecule has 2 nitrogen and oxygen atoms in total. The summed E-state index contributed by atoms with van der Waals surface area (Å²) >= 11 is 0. The smallest absolute Gasteiger partial charge is 0.127 e. The van der Waals surface area contributed by atoms with Crippen LogP contribution in [-0.4, -0.2) is 0 Å². The molecule has 0 saturated heterocycles. The average molecular weight is 301 g/mol. The number of hydrogen-bond acceptors (Lipinski definition) is 2. The predicted molar refractivity (Wildman–Crippen MR) is 95.6 cm³/mol. The van der Waals surface area contributed by atoms with Crippen LogP contribution in [0.5, 0.6) is 5.75 Å². The topological polar surface area (TPSA) is 35.2 Å². The molecule has 23 heavy (non-hydrogen) atoms. The average Bonchev–Trinajstić information content (AvgIpc) is 2.83. The molecule has 0 amide bonds. The van der Waals surface area contributed by atoms with Crippen LogP contribution in [0, 0.1) is 12.3 Å².